The number of aliphatic hydroxyl groups excluding tert-OH is 1. The van der Waals surface area contributed by atoms with Crippen molar-refractivity contribution in [3.05, 3.63) is 23.8 Å². The van der Waals surface area contributed by atoms with Crippen LogP contribution in [0, 0.1) is 5.92 Å². The van der Waals surface area contributed by atoms with Crippen molar-refractivity contribution in [2.75, 3.05) is 20.3 Å². The van der Waals surface area contributed by atoms with Crippen LogP contribution in [0.25, 0.3) is 0 Å². The highest BCUT2D eigenvalue weighted by molar-refractivity contribution is 5.42. The SMILES string of the molecule is COc1ccc2c(c1)C(NC(C)C(C)CO)CCCO2. The van der Waals surface area contributed by atoms with E-state index in [4.69, 9.17) is 9.47 Å². The Morgan fingerprint density at radius 1 is 1.45 bits per heavy atom. The topological polar surface area (TPSA) is 50.7 Å². The molecule has 2 rings (SSSR count). The van der Waals surface area contributed by atoms with Gasteiger partial charge >= 0.3 is 0 Å². The number of fused-ring (bicyclic) bond motifs is 1. The van der Waals surface area contributed by atoms with E-state index in [1.807, 2.05) is 12.1 Å². The van der Waals surface area contributed by atoms with Crippen LogP contribution in [0.3, 0.4) is 0 Å². The molecule has 112 valence electrons. The number of hydrogen-bond acceptors (Lipinski definition) is 4. The molecule has 4 nitrogen and oxygen atoms in total. The molecule has 2 N–H and O–H groups in total. The van der Waals surface area contributed by atoms with Crippen LogP contribution < -0.4 is 14.8 Å². The third-order valence-electron chi connectivity index (χ3n) is 4.09. The Bertz CT molecular complexity index is 436. The summed E-state index contributed by atoms with van der Waals surface area (Å²) in [6, 6.07) is 6.46. The van der Waals surface area contributed by atoms with Crippen LogP contribution in [0.4, 0.5) is 0 Å². The molecule has 20 heavy (non-hydrogen) atoms. The molecule has 1 heterocycles. The number of rotatable bonds is 5. The van der Waals surface area contributed by atoms with Crippen molar-refractivity contribution in [2.24, 2.45) is 5.92 Å². The lowest BCUT2D eigenvalue weighted by Gasteiger charge is -2.26. The number of aliphatic hydroxyl groups is 1. The second kappa shape index (κ2) is 6.95. The molecule has 1 aromatic rings. The van der Waals surface area contributed by atoms with Gasteiger partial charge in [-0.2, -0.15) is 0 Å². The fourth-order valence-corrected chi connectivity index (χ4v) is 2.50. The second-order valence-corrected chi connectivity index (χ2v) is 5.56. The Morgan fingerprint density at radius 3 is 2.95 bits per heavy atom. The number of hydrogen-bond donors (Lipinski definition) is 2. The maximum absolute atomic E-state index is 9.28. The molecule has 3 unspecified atom stereocenters. The minimum Gasteiger partial charge on any atom is -0.497 e. The summed E-state index contributed by atoms with van der Waals surface area (Å²) in [7, 11) is 1.68. The molecule has 3 atom stereocenters. The van der Waals surface area contributed by atoms with Gasteiger partial charge in [0.2, 0.25) is 0 Å². The average Bonchev–Trinajstić information content (AvgIpc) is 2.68. The standard InChI is InChI=1S/C16H25NO3/c1-11(10-18)12(2)17-15-5-4-8-20-16-7-6-13(19-3)9-14(15)16/h6-7,9,11-12,15,17-18H,4-5,8,10H2,1-3H3. The van der Waals surface area contributed by atoms with Crippen molar-refractivity contribution in [2.45, 2.75) is 38.8 Å². The monoisotopic (exact) mass is 279 g/mol. The first kappa shape index (κ1) is 15.1. The molecular weight excluding hydrogens is 254 g/mol. The molecule has 0 aromatic heterocycles. The Kier molecular flexibility index (Phi) is 5.26. The summed E-state index contributed by atoms with van der Waals surface area (Å²) in [6.45, 7) is 5.12. The molecule has 4 heteroatoms. The molecule has 0 saturated carbocycles. The van der Waals surface area contributed by atoms with Gasteiger partial charge in [0.1, 0.15) is 11.5 Å². The summed E-state index contributed by atoms with van der Waals surface area (Å²) in [5.74, 6) is 2.02. The Morgan fingerprint density at radius 2 is 2.25 bits per heavy atom. The van der Waals surface area contributed by atoms with Gasteiger partial charge in [-0.3, -0.25) is 0 Å². The average molecular weight is 279 g/mol. The van der Waals surface area contributed by atoms with E-state index < -0.39 is 0 Å². The molecule has 0 fully saturated rings. The highest BCUT2D eigenvalue weighted by Gasteiger charge is 2.23. The predicted octanol–water partition coefficient (Wildman–Crippen LogP) is 2.52. The molecule has 0 aliphatic carbocycles. The van der Waals surface area contributed by atoms with E-state index in [0.29, 0.717) is 0 Å². The molecule has 0 amide bonds. The molecular formula is C16H25NO3. The molecule has 0 bridgehead atoms. The van der Waals surface area contributed by atoms with Crippen LogP contribution in [-0.4, -0.2) is 31.5 Å². The Labute approximate surface area is 121 Å². The lowest BCUT2D eigenvalue weighted by atomic mass is 9.97. The molecule has 1 aliphatic heterocycles. The summed E-state index contributed by atoms with van der Waals surface area (Å²) >= 11 is 0. The zero-order valence-electron chi connectivity index (χ0n) is 12.6. The largest absolute Gasteiger partial charge is 0.497 e. The Hall–Kier alpha value is -1.26. The first-order valence-electron chi connectivity index (χ1n) is 7.33. The van der Waals surface area contributed by atoms with Crippen molar-refractivity contribution in [1.82, 2.24) is 5.32 Å². The van der Waals surface area contributed by atoms with Crippen LogP contribution in [0.2, 0.25) is 0 Å². The number of methoxy groups -OCH3 is 1. The lowest BCUT2D eigenvalue weighted by molar-refractivity contribution is 0.199. The first-order chi connectivity index (χ1) is 9.65. The third-order valence-corrected chi connectivity index (χ3v) is 4.09. The van der Waals surface area contributed by atoms with Crippen LogP contribution in [0.5, 0.6) is 11.5 Å². The van der Waals surface area contributed by atoms with E-state index >= 15 is 0 Å². The number of nitrogens with one attached hydrogen (secondary N) is 1. The van der Waals surface area contributed by atoms with E-state index in [-0.39, 0.29) is 24.6 Å². The van der Waals surface area contributed by atoms with Crippen LogP contribution in [-0.2, 0) is 0 Å². The minimum absolute atomic E-state index is 0.197. The van der Waals surface area contributed by atoms with E-state index in [1.165, 1.54) is 0 Å². The van der Waals surface area contributed by atoms with Crippen molar-refractivity contribution in [1.29, 1.82) is 0 Å². The van der Waals surface area contributed by atoms with Crippen molar-refractivity contribution < 1.29 is 14.6 Å². The normalized spacial score (nSPS) is 21.3. The van der Waals surface area contributed by atoms with E-state index in [0.717, 1.165) is 36.5 Å². The fraction of sp³-hybridized carbons (Fsp3) is 0.625. The zero-order chi connectivity index (χ0) is 14.5. The second-order valence-electron chi connectivity index (χ2n) is 5.56. The summed E-state index contributed by atoms with van der Waals surface area (Å²) in [6.07, 6.45) is 2.05. The van der Waals surface area contributed by atoms with Gasteiger partial charge < -0.3 is 19.9 Å². The number of ether oxygens (including phenoxy) is 2. The number of benzene rings is 1. The van der Waals surface area contributed by atoms with Gasteiger partial charge in [-0.1, -0.05) is 6.92 Å². The predicted molar refractivity (Wildman–Crippen MR) is 79.3 cm³/mol. The molecule has 0 saturated heterocycles. The van der Waals surface area contributed by atoms with Gasteiger partial charge in [0.05, 0.1) is 13.7 Å². The molecule has 1 aliphatic rings. The maximum atomic E-state index is 9.28. The minimum atomic E-state index is 0.197. The van der Waals surface area contributed by atoms with Crippen molar-refractivity contribution >= 4 is 0 Å². The molecule has 1 aromatic carbocycles. The van der Waals surface area contributed by atoms with Crippen LogP contribution in [0.1, 0.15) is 38.3 Å². The van der Waals surface area contributed by atoms with E-state index in [1.54, 1.807) is 7.11 Å². The van der Waals surface area contributed by atoms with Gasteiger partial charge in [0.25, 0.3) is 0 Å². The van der Waals surface area contributed by atoms with Gasteiger partial charge in [0.15, 0.2) is 0 Å². The lowest BCUT2D eigenvalue weighted by Crippen LogP contribution is -2.36. The smallest absolute Gasteiger partial charge is 0.124 e. The third kappa shape index (κ3) is 3.44. The maximum Gasteiger partial charge on any atom is 0.124 e. The highest BCUT2D eigenvalue weighted by atomic mass is 16.5. The summed E-state index contributed by atoms with van der Waals surface area (Å²) < 4.78 is 11.1. The quantitative estimate of drug-likeness (QED) is 0.869. The molecule has 0 radical (unpaired) electrons. The van der Waals surface area contributed by atoms with Crippen molar-refractivity contribution in [3.8, 4) is 11.5 Å². The summed E-state index contributed by atoms with van der Waals surface area (Å²) in [5, 5.41) is 12.9. The fourth-order valence-electron chi connectivity index (χ4n) is 2.50. The van der Waals surface area contributed by atoms with Crippen molar-refractivity contribution in [3.63, 3.8) is 0 Å². The summed E-state index contributed by atoms with van der Waals surface area (Å²) in [4.78, 5) is 0. The van der Waals surface area contributed by atoms with Crippen LogP contribution in [0.15, 0.2) is 18.2 Å². The van der Waals surface area contributed by atoms with Gasteiger partial charge in [-0.25, -0.2) is 0 Å². The van der Waals surface area contributed by atoms with Crippen LogP contribution >= 0.6 is 0 Å². The van der Waals surface area contributed by atoms with E-state index in [2.05, 4.69) is 25.2 Å². The zero-order valence-corrected chi connectivity index (χ0v) is 12.6. The van der Waals surface area contributed by atoms with Gasteiger partial charge in [-0.15, -0.1) is 0 Å². The highest BCUT2D eigenvalue weighted by Crippen LogP contribution is 2.34. The van der Waals surface area contributed by atoms with Gasteiger partial charge in [0, 0.05) is 24.3 Å². The van der Waals surface area contributed by atoms with E-state index in [9.17, 15) is 5.11 Å². The molecule has 0 spiro atoms. The Balaban J connectivity index is 2.21. The summed E-state index contributed by atoms with van der Waals surface area (Å²) in [5.41, 5.74) is 1.15. The first-order valence-corrected chi connectivity index (χ1v) is 7.33. The van der Waals surface area contributed by atoms with Gasteiger partial charge in [-0.05, 0) is 43.9 Å².